The van der Waals surface area contributed by atoms with Crippen LogP contribution in [0, 0.1) is 0 Å². The van der Waals surface area contributed by atoms with Crippen molar-refractivity contribution in [3.8, 4) is 11.5 Å². The number of amidine groups is 1. The normalized spacial score (nSPS) is 15.9. The van der Waals surface area contributed by atoms with Gasteiger partial charge in [-0.25, -0.2) is 4.99 Å². The maximum atomic E-state index is 13.3. The highest BCUT2D eigenvalue weighted by molar-refractivity contribution is 8.18. The summed E-state index contributed by atoms with van der Waals surface area (Å²) in [4.78, 5) is 22.7. The summed E-state index contributed by atoms with van der Waals surface area (Å²) in [6.07, 6.45) is 2.78. The fourth-order valence-corrected chi connectivity index (χ4v) is 4.77. The molecule has 182 valence electrons. The Balaban J connectivity index is 1.93. The van der Waals surface area contributed by atoms with Crippen LogP contribution in [0.3, 0.4) is 0 Å². The molecule has 0 bridgehead atoms. The van der Waals surface area contributed by atoms with Crippen LogP contribution < -0.4 is 14.4 Å². The third-order valence-corrected chi connectivity index (χ3v) is 6.43. The molecule has 34 heavy (non-hydrogen) atoms. The lowest BCUT2D eigenvalue weighted by Crippen LogP contribution is -2.29. The number of carbonyl (C=O) groups is 1. The van der Waals surface area contributed by atoms with Crippen LogP contribution in [0.1, 0.15) is 46.6 Å². The number of hydrogen-bond donors (Lipinski definition) is 0. The Morgan fingerprint density at radius 2 is 1.68 bits per heavy atom. The molecule has 0 atom stereocenters. The second kappa shape index (κ2) is 12.5. The third kappa shape index (κ3) is 6.14. The van der Waals surface area contributed by atoms with E-state index in [1.807, 2.05) is 50.3 Å². The number of nitrogens with zero attached hydrogens (tertiary/aromatic N) is 3. The standard InChI is InChI=1S/C27H35N3O3S/c1-6-17-30-26(31)25(34-27(30)28-21-12-15-23(16-13-21)32-9-4)18-20-11-14-22(29(7-2)8-3)19-24(20)33-10-5/h11-16,18-19H,6-10,17H2,1-5H3/b25-18-,28-27?. The first kappa shape index (κ1) is 25.7. The number of benzene rings is 2. The zero-order chi connectivity index (χ0) is 24.5. The Hall–Kier alpha value is -2.93. The van der Waals surface area contributed by atoms with Gasteiger partial charge in [-0.1, -0.05) is 6.92 Å². The van der Waals surface area contributed by atoms with E-state index in [0.29, 0.717) is 29.8 Å². The van der Waals surface area contributed by atoms with Crippen molar-refractivity contribution in [3.05, 3.63) is 52.9 Å². The third-order valence-electron chi connectivity index (χ3n) is 5.42. The van der Waals surface area contributed by atoms with Crippen molar-refractivity contribution >= 4 is 40.3 Å². The van der Waals surface area contributed by atoms with E-state index in [1.165, 1.54) is 11.8 Å². The Bertz CT molecular complexity index is 1030. The predicted molar refractivity (Wildman–Crippen MR) is 143 cm³/mol. The molecule has 6 nitrogen and oxygen atoms in total. The van der Waals surface area contributed by atoms with Gasteiger partial charge in [0, 0.05) is 37.0 Å². The van der Waals surface area contributed by atoms with E-state index in [2.05, 4.69) is 37.8 Å². The molecule has 0 radical (unpaired) electrons. The van der Waals surface area contributed by atoms with Crippen LogP contribution in [-0.4, -0.2) is 48.8 Å². The molecule has 1 fully saturated rings. The number of carbonyl (C=O) groups excluding carboxylic acids is 1. The van der Waals surface area contributed by atoms with Gasteiger partial charge in [-0.05, 0) is 88.4 Å². The highest BCUT2D eigenvalue weighted by Crippen LogP contribution is 2.37. The number of hydrogen-bond acceptors (Lipinski definition) is 6. The zero-order valence-corrected chi connectivity index (χ0v) is 21.7. The van der Waals surface area contributed by atoms with Crippen molar-refractivity contribution in [2.24, 2.45) is 4.99 Å². The molecular formula is C27H35N3O3S. The summed E-state index contributed by atoms with van der Waals surface area (Å²) in [7, 11) is 0. The lowest BCUT2D eigenvalue weighted by Gasteiger charge is -2.22. The predicted octanol–water partition coefficient (Wildman–Crippen LogP) is 6.34. The Morgan fingerprint density at radius 3 is 2.29 bits per heavy atom. The van der Waals surface area contributed by atoms with Crippen molar-refractivity contribution < 1.29 is 14.3 Å². The smallest absolute Gasteiger partial charge is 0.266 e. The van der Waals surface area contributed by atoms with E-state index in [1.54, 1.807) is 4.90 Å². The maximum absolute atomic E-state index is 13.3. The van der Waals surface area contributed by atoms with Crippen LogP contribution >= 0.6 is 11.8 Å². The molecule has 1 amide bonds. The molecule has 0 saturated carbocycles. The van der Waals surface area contributed by atoms with Crippen molar-refractivity contribution in [3.63, 3.8) is 0 Å². The zero-order valence-electron chi connectivity index (χ0n) is 20.8. The van der Waals surface area contributed by atoms with Crippen molar-refractivity contribution in [2.45, 2.75) is 41.0 Å². The van der Waals surface area contributed by atoms with E-state index >= 15 is 0 Å². The highest BCUT2D eigenvalue weighted by atomic mass is 32.2. The Kier molecular flexibility index (Phi) is 9.45. The lowest BCUT2D eigenvalue weighted by atomic mass is 10.1. The van der Waals surface area contributed by atoms with Crippen LogP contribution in [0.4, 0.5) is 11.4 Å². The van der Waals surface area contributed by atoms with Gasteiger partial charge in [0.25, 0.3) is 5.91 Å². The number of amides is 1. The quantitative estimate of drug-likeness (QED) is 0.350. The van der Waals surface area contributed by atoms with Gasteiger partial charge in [0.2, 0.25) is 0 Å². The summed E-state index contributed by atoms with van der Waals surface area (Å²) in [6, 6.07) is 13.8. The fourth-order valence-electron chi connectivity index (χ4n) is 3.76. The molecule has 0 spiro atoms. The first-order valence-corrected chi connectivity index (χ1v) is 12.9. The summed E-state index contributed by atoms with van der Waals surface area (Å²) in [5.74, 6) is 1.57. The van der Waals surface area contributed by atoms with E-state index in [4.69, 9.17) is 14.5 Å². The molecule has 0 unspecified atom stereocenters. The molecule has 1 saturated heterocycles. The lowest BCUT2D eigenvalue weighted by molar-refractivity contribution is -0.122. The average molecular weight is 482 g/mol. The SMILES string of the molecule is CCCN1C(=O)/C(=C/c2ccc(N(CC)CC)cc2OCC)SC1=Nc1ccc(OCC)cc1. The fraction of sp³-hybridized carbons (Fsp3) is 0.407. The molecule has 1 heterocycles. The van der Waals surface area contributed by atoms with E-state index < -0.39 is 0 Å². The first-order chi connectivity index (χ1) is 16.5. The molecule has 0 N–H and O–H groups in total. The average Bonchev–Trinajstić information content (AvgIpc) is 3.12. The summed E-state index contributed by atoms with van der Waals surface area (Å²) in [5.41, 5.74) is 2.80. The van der Waals surface area contributed by atoms with Gasteiger partial charge in [-0.15, -0.1) is 0 Å². The molecule has 1 aliphatic rings. The monoisotopic (exact) mass is 481 g/mol. The molecule has 0 aromatic heterocycles. The van der Waals surface area contributed by atoms with Gasteiger partial charge in [0.05, 0.1) is 23.8 Å². The van der Waals surface area contributed by atoms with E-state index in [9.17, 15) is 4.79 Å². The summed E-state index contributed by atoms with van der Waals surface area (Å²) in [5, 5.41) is 0.694. The van der Waals surface area contributed by atoms with Gasteiger partial charge in [-0.2, -0.15) is 0 Å². The molecule has 0 aliphatic carbocycles. The number of rotatable bonds is 11. The number of anilines is 1. The van der Waals surface area contributed by atoms with Gasteiger partial charge in [-0.3, -0.25) is 9.69 Å². The van der Waals surface area contributed by atoms with Gasteiger partial charge < -0.3 is 14.4 Å². The second-order valence-electron chi connectivity index (χ2n) is 7.72. The number of aliphatic imine (C=N–C) groups is 1. The van der Waals surface area contributed by atoms with Gasteiger partial charge >= 0.3 is 0 Å². The van der Waals surface area contributed by atoms with Crippen LogP contribution in [0.15, 0.2) is 52.4 Å². The van der Waals surface area contributed by atoms with Crippen LogP contribution in [0.25, 0.3) is 6.08 Å². The Labute approximate surface area is 207 Å². The Morgan fingerprint density at radius 1 is 0.971 bits per heavy atom. The topological polar surface area (TPSA) is 54.4 Å². The first-order valence-electron chi connectivity index (χ1n) is 12.1. The molecule has 7 heteroatoms. The minimum atomic E-state index is -0.0215. The van der Waals surface area contributed by atoms with Crippen molar-refractivity contribution in [2.75, 3.05) is 37.7 Å². The van der Waals surface area contributed by atoms with Crippen LogP contribution in [0.5, 0.6) is 11.5 Å². The minimum absolute atomic E-state index is 0.0215. The summed E-state index contributed by atoms with van der Waals surface area (Å²) >= 11 is 1.41. The minimum Gasteiger partial charge on any atom is -0.494 e. The molecule has 2 aromatic rings. The molecule has 1 aliphatic heterocycles. The second-order valence-corrected chi connectivity index (χ2v) is 8.73. The number of ether oxygens (including phenoxy) is 2. The molecular weight excluding hydrogens is 446 g/mol. The summed E-state index contributed by atoms with van der Waals surface area (Å²) in [6.45, 7) is 13.9. The van der Waals surface area contributed by atoms with E-state index in [0.717, 1.165) is 47.9 Å². The van der Waals surface area contributed by atoms with Crippen molar-refractivity contribution in [1.29, 1.82) is 0 Å². The van der Waals surface area contributed by atoms with Crippen LogP contribution in [0.2, 0.25) is 0 Å². The van der Waals surface area contributed by atoms with Gasteiger partial charge in [0.1, 0.15) is 11.5 Å². The maximum Gasteiger partial charge on any atom is 0.266 e. The van der Waals surface area contributed by atoms with Crippen molar-refractivity contribution in [1.82, 2.24) is 4.90 Å². The largest absolute Gasteiger partial charge is 0.494 e. The van der Waals surface area contributed by atoms with Crippen LogP contribution in [-0.2, 0) is 4.79 Å². The molecule has 3 rings (SSSR count). The molecule has 2 aromatic carbocycles. The van der Waals surface area contributed by atoms with Gasteiger partial charge in [0.15, 0.2) is 5.17 Å². The number of thioether (sulfide) groups is 1. The van der Waals surface area contributed by atoms with E-state index in [-0.39, 0.29) is 5.91 Å². The highest BCUT2D eigenvalue weighted by Gasteiger charge is 2.33. The summed E-state index contributed by atoms with van der Waals surface area (Å²) < 4.78 is 11.5.